The molecule has 6 heteroatoms. The molecule has 2 N–H and O–H groups in total. The number of anilines is 1. The summed E-state index contributed by atoms with van der Waals surface area (Å²) in [5, 5.41) is 3.00. The van der Waals surface area contributed by atoms with E-state index in [4.69, 9.17) is 4.74 Å². The molecular weight excluding hydrogens is 414 g/mol. The van der Waals surface area contributed by atoms with Crippen LogP contribution in [0, 0.1) is 20.8 Å². The van der Waals surface area contributed by atoms with Crippen LogP contribution in [-0.4, -0.2) is 36.7 Å². The summed E-state index contributed by atoms with van der Waals surface area (Å²) in [6.07, 6.45) is 5.75. The monoisotopic (exact) mass is 451 g/mol. The second-order valence-electron chi connectivity index (χ2n) is 9.56. The summed E-state index contributed by atoms with van der Waals surface area (Å²) in [6, 6.07) is 6.53. The second kappa shape index (κ2) is 10.1. The van der Waals surface area contributed by atoms with Crippen molar-refractivity contribution in [3.63, 3.8) is 0 Å². The van der Waals surface area contributed by atoms with E-state index in [9.17, 15) is 9.59 Å². The lowest BCUT2D eigenvalue weighted by atomic mass is 9.77. The Morgan fingerprint density at radius 2 is 1.88 bits per heavy atom. The molecule has 1 amide bonds. The van der Waals surface area contributed by atoms with E-state index >= 15 is 0 Å². The summed E-state index contributed by atoms with van der Waals surface area (Å²) in [4.78, 5) is 31.0. The molecule has 0 bridgehead atoms. The quantitative estimate of drug-likeness (QED) is 0.650. The highest BCUT2D eigenvalue weighted by Gasteiger charge is 2.30. The first-order valence-electron chi connectivity index (χ1n) is 12.4. The van der Waals surface area contributed by atoms with Gasteiger partial charge in [0.2, 0.25) is 0 Å². The van der Waals surface area contributed by atoms with Crippen LogP contribution >= 0.6 is 0 Å². The molecule has 1 saturated carbocycles. The Labute approximate surface area is 196 Å². The zero-order valence-corrected chi connectivity index (χ0v) is 20.4. The molecule has 0 unspecified atom stereocenters. The van der Waals surface area contributed by atoms with Crippen molar-refractivity contribution in [3.05, 3.63) is 62.1 Å². The van der Waals surface area contributed by atoms with Crippen molar-refractivity contribution in [2.45, 2.75) is 78.3 Å². The van der Waals surface area contributed by atoms with E-state index in [1.54, 1.807) is 0 Å². The molecule has 2 aromatic rings. The number of rotatable bonds is 7. The van der Waals surface area contributed by atoms with Gasteiger partial charge in [0.1, 0.15) is 0 Å². The van der Waals surface area contributed by atoms with E-state index in [0.717, 1.165) is 49.4 Å². The van der Waals surface area contributed by atoms with Gasteiger partial charge in [0.25, 0.3) is 11.5 Å². The summed E-state index contributed by atoms with van der Waals surface area (Å²) in [6.45, 7) is 10.8. The minimum atomic E-state index is -0.137. The van der Waals surface area contributed by atoms with E-state index in [1.165, 1.54) is 30.5 Å². The number of benzene rings is 1. The molecule has 0 spiro atoms. The average Bonchev–Trinajstić information content (AvgIpc) is 2.75. The molecule has 1 aliphatic carbocycles. The van der Waals surface area contributed by atoms with Gasteiger partial charge in [0.05, 0.1) is 0 Å². The third kappa shape index (κ3) is 4.86. The lowest BCUT2D eigenvalue weighted by molar-refractivity contribution is 0.0845. The predicted molar refractivity (Wildman–Crippen MR) is 132 cm³/mol. The van der Waals surface area contributed by atoms with Crippen LogP contribution in [0.15, 0.2) is 23.0 Å². The van der Waals surface area contributed by atoms with Gasteiger partial charge in [-0.05, 0) is 88.1 Å². The number of aromatic nitrogens is 1. The number of pyridine rings is 1. The zero-order valence-electron chi connectivity index (χ0n) is 20.4. The second-order valence-corrected chi connectivity index (χ2v) is 9.56. The highest BCUT2D eigenvalue weighted by Crippen LogP contribution is 2.44. The number of carbonyl (C=O) groups excluding carboxylic acids is 1. The Bertz CT molecular complexity index is 1070. The number of aryl methyl sites for hydroxylation is 2. The fraction of sp³-hybridized carbons (Fsp3) is 0.556. The lowest BCUT2D eigenvalue weighted by Crippen LogP contribution is -2.41. The number of carbonyl (C=O) groups is 1. The van der Waals surface area contributed by atoms with Crippen LogP contribution in [0.25, 0.3) is 0 Å². The van der Waals surface area contributed by atoms with Crippen molar-refractivity contribution in [2.75, 3.05) is 24.7 Å². The maximum atomic E-state index is 13.3. The topological polar surface area (TPSA) is 74.4 Å². The van der Waals surface area contributed by atoms with Crippen LogP contribution in [0.2, 0.25) is 0 Å². The molecule has 0 radical (unpaired) electrons. The minimum Gasteiger partial charge on any atom is -0.381 e. The summed E-state index contributed by atoms with van der Waals surface area (Å²) in [7, 11) is 0. The van der Waals surface area contributed by atoms with Crippen molar-refractivity contribution in [1.29, 1.82) is 0 Å². The molecule has 178 valence electrons. The average molecular weight is 452 g/mol. The van der Waals surface area contributed by atoms with Crippen molar-refractivity contribution in [2.24, 2.45) is 0 Å². The van der Waals surface area contributed by atoms with Gasteiger partial charge in [-0.2, -0.15) is 0 Å². The normalized spacial score (nSPS) is 17.0. The number of amides is 1. The predicted octanol–water partition coefficient (Wildman–Crippen LogP) is 4.50. The van der Waals surface area contributed by atoms with Gasteiger partial charge in [0, 0.05) is 54.9 Å². The van der Waals surface area contributed by atoms with E-state index in [0.29, 0.717) is 23.1 Å². The molecule has 1 aromatic heterocycles. The molecule has 0 atom stereocenters. The van der Waals surface area contributed by atoms with Crippen LogP contribution in [0.3, 0.4) is 0 Å². The minimum absolute atomic E-state index is 0.128. The number of H-pyrrole nitrogens is 1. The lowest BCUT2D eigenvalue weighted by Gasteiger charge is -2.40. The number of hydrogen-bond donors (Lipinski definition) is 2. The molecule has 1 aromatic carbocycles. The molecule has 1 aliphatic heterocycles. The fourth-order valence-electron chi connectivity index (χ4n) is 5.36. The third-order valence-electron chi connectivity index (χ3n) is 7.43. The first kappa shape index (κ1) is 23.6. The number of aromatic amines is 1. The highest BCUT2D eigenvalue weighted by atomic mass is 16.5. The van der Waals surface area contributed by atoms with Gasteiger partial charge in [-0.1, -0.05) is 12.5 Å². The Morgan fingerprint density at radius 1 is 1.15 bits per heavy atom. The Morgan fingerprint density at radius 3 is 2.48 bits per heavy atom. The SMILES string of the molecule is CCN(c1c(C2CCC2)ccc(C(=O)NCc2c(C)cc(C)[nH]c2=O)c1C)C1CCOCC1. The third-order valence-corrected chi connectivity index (χ3v) is 7.43. The number of nitrogens with one attached hydrogen (secondary N) is 2. The van der Waals surface area contributed by atoms with Crippen LogP contribution in [0.5, 0.6) is 0 Å². The maximum absolute atomic E-state index is 13.3. The Balaban J connectivity index is 1.64. The molecule has 4 rings (SSSR count). The fourth-order valence-corrected chi connectivity index (χ4v) is 5.36. The largest absolute Gasteiger partial charge is 0.381 e. The molecule has 1 saturated heterocycles. The zero-order chi connectivity index (χ0) is 23.5. The van der Waals surface area contributed by atoms with Crippen LogP contribution in [-0.2, 0) is 11.3 Å². The standard InChI is InChI=1S/C27H37N3O3/c1-5-30(21-11-13-33-14-12-21)25-19(4)22(9-10-23(25)20-7-6-8-20)26(31)28-16-24-17(2)15-18(3)29-27(24)32/h9-10,15,20-21H,5-8,11-14,16H2,1-4H3,(H,28,31)(H,29,32). The number of ether oxygens (including phenoxy) is 1. The van der Waals surface area contributed by atoms with E-state index in [2.05, 4.69) is 35.1 Å². The Hall–Kier alpha value is -2.60. The summed E-state index contributed by atoms with van der Waals surface area (Å²) in [5.74, 6) is 0.454. The summed E-state index contributed by atoms with van der Waals surface area (Å²) >= 11 is 0. The van der Waals surface area contributed by atoms with Gasteiger partial charge in [0.15, 0.2) is 0 Å². The van der Waals surface area contributed by atoms with Crippen molar-refractivity contribution in [3.8, 4) is 0 Å². The van der Waals surface area contributed by atoms with Crippen LogP contribution < -0.4 is 15.8 Å². The van der Waals surface area contributed by atoms with Crippen molar-refractivity contribution >= 4 is 11.6 Å². The van der Waals surface area contributed by atoms with Gasteiger partial charge < -0.3 is 19.9 Å². The molecule has 2 fully saturated rings. The summed E-state index contributed by atoms with van der Waals surface area (Å²) < 4.78 is 5.61. The molecule has 2 aliphatic rings. The molecule has 2 heterocycles. The van der Waals surface area contributed by atoms with Crippen molar-refractivity contribution < 1.29 is 9.53 Å². The van der Waals surface area contributed by atoms with Crippen molar-refractivity contribution in [1.82, 2.24) is 10.3 Å². The number of nitrogens with zero attached hydrogens (tertiary/aromatic N) is 1. The maximum Gasteiger partial charge on any atom is 0.253 e. The van der Waals surface area contributed by atoms with Gasteiger partial charge >= 0.3 is 0 Å². The highest BCUT2D eigenvalue weighted by molar-refractivity contribution is 5.97. The first-order chi connectivity index (χ1) is 15.9. The van der Waals surface area contributed by atoms with Gasteiger partial charge in [-0.15, -0.1) is 0 Å². The van der Waals surface area contributed by atoms with Gasteiger partial charge in [-0.25, -0.2) is 0 Å². The van der Waals surface area contributed by atoms with E-state index < -0.39 is 0 Å². The molecule has 33 heavy (non-hydrogen) atoms. The smallest absolute Gasteiger partial charge is 0.253 e. The molecule has 6 nitrogen and oxygen atoms in total. The first-order valence-corrected chi connectivity index (χ1v) is 12.4. The molecular formula is C27H37N3O3. The van der Waals surface area contributed by atoms with Crippen LogP contribution in [0.1, 0.15) is 83.3 Å². The van der Waals surface area contributed by atoms with Gasteiger partial charge in [-0.3, -0.25) is 9.59 Å². The van der Waals surface area contributed by atoms with Crippen LogP contribution in [0.4, 0.5) is 5.69 Å². The van der Waals surface area contributed by atoms with E-state index in [1.807, 2.05) is 26.0 Å². The number of hydrogen-bond acceptors (Lipinski definition) is 4. The summed E-state index contributed by atoms with van der Waals surface area (Å²) in [5.41, 5.74) is 6.55. The van der Waals surface area contributed by atoms with E-state index in [-0.39, 0.29) is 18.0 Å². The Kier molecular flexibility index (Phi) is 7.23.